The summed E-state index contributed by atoms with van der Waals surface area (Å²) in [5.74, 6) is -2.65. The fraction of sp³-hybridized carbons (Fsp3) is 0.562. The maximum atomic E-state index is 12.4. The number of aliphatic carboxylic acids is 1. The number of H-pyrrole nitrogens is 1. The highest BCUT2D eigenvalue weighted by molar-refractivity contribution is 5.83. The van der Waals surface area contributed by atoms with Gasteiger partial charge >= 0.3 is 11.9 Å². The molecule has 1 aromatic rings. The van der Waals surface area contributed by atoms with Crippen molar-refractivity contribution in [3.05, 3.63) is 28.2 Å². The minimum Gasteiger partial charge on any atom is -0.480 e. The Morgan fingerprint density at radius 1 is 1.30 bits per heavy atom. The molecule has 2 unspecified atom stereocenters. The van der Waals surface area contributed by atoms with Gasteiger partial charge < -0.3 is 26.2 Å². The molecule has 0 aliphatic heterocycles. The van der Waals surface area contributed by atoms with Gasteiger partial charge in [-0.3, -0.25) is 19.2 Å². The first-order chi connectivity index (χ1) is 12.4. The molecular weight excluding hydrogens is 358 g/mol. The predicted octanol–water partition coefficient (Wildman–Crippen LogP) is -1.26. The van der Waals surface area contributed by atoms with Crippen LogP contribution in [0.3, 0.4) is 0 Å². The minimum absolute atomic E-state index is 0.259. The Hall–Kier alpha value is -2.79. The standard InChI is InChI=1S/C16H25N5O6/c1-16(2,3)27-15(26)10(18)7-21(8-14(24)25)13(23)6-9(17)11-4-5-12(22)20-19-11/h4-5,9-10H,6-8,17-18H2,1-3H3,(H,20,22)(H,24,25). The van der Waals surface area contributed by atoms with Crippen molar-refractivity contribution >= 4 is 17.8 Å². The molecule has 11 nitrogen and oxygen atoms in total. The largest absolute Gasteiger partial charge is 0.480 e. The van der Waals surface area contributed by atoms with Gasteiger partial charge in [-0.1, -0.05) is 0 Å². The molecule has 0 saturated carbocycles. The van der Waals surface area contributed by atoms with Crippen molar-refractivity contribution < 1.29 is 24.2 Å². The number of aromatic nitrogens is 2. The number of carbonyl (C=O) groups excluding carboxylic acids is 2. The van der Waals surface area contributed by atoms with E-state index in [9.17, 15) is 19.2 Å². The van der Waals surface area contributed by atoms with Crippen LogP contribution in [0.25, 0.3) is 0 Å². The van der Waals surface area contributed by atoms with Gasteiger partial charge in [-0.05, 0) is 26.8 Å². The van der Waals surface area contributed by atoms with E-state index in [4.69, 9.17) is 21.3 Å². The number of rotatable bonds is 8. The van der Waals surface area contributed by atoms with E-state index in [0.29, 0.717) is 0 Å². The maximum Gasteiger partial charge on any atom is 0.325 e. The molecule has 27 heavy (non-hydrogen) atoms. The highest BCUT2D eigenvalue weighted by Gasteiger charge is 2.28. The first-order valence-corrected chi connectivity index (χ1v) is 8.18. The van der Waals surface area contributed by atoms with E-state index in [-0.39, 0.29) is 18.7 Å². The van der Waals surface area contributed by atoms with Crippen LogP contribution in [0.4, 0.5) is 0 Å². The monoisotopic (exact) mass is 383 g/mol. The number of nitrogens with one attached hydrogen (secondary N) is 1. The molecule has 0 fully saturated rings. The Morgan fingerprint density at radius 2 is 1.93 bits per heavy atom. The lowest BCUT2D eigenvalue weighted by molar-refractivity contribution is -0.158. The first-order valence-electron chi connectivity index (χ1n) is 8.18. The molecule has 0 aliphatic carbocycles. The van der Waals surface area contributed by atoms with Crippen LogP contribution in [0.5, 0.6) is 0 Å². The van der Waals surface area contributed by atoms with E-state index in [1.807, 2.05) is 0 Å². The normalized spacial score (nSPS) is 13.5. The smallest absolute Gasteiger partial charge is 0.325 e. The Kier molecular flexibility index (Phi) is 7.61. The van der Waals surface area contributed by atoms with Gasteiger partial charge in [-0.2, -0.15) is 5.10 Å². The second-order valence-electron chi connectivity index (χ2n) is 6.96. The molecular formula is C16H25N5O6. The maximum absolute atomic E-state index is 12.4. The number of nitrogens with two attached hydrogens (primary N) is 2. The van der Waals surface area contributed by atoms with Gasteiger partial charge in [0.05, 0.1) is 11.7 Å². The second kappa shape index (κ2) is 9.24. The summed E-state index contributed by atoms with van der Waals surface area (Å²) in [7, 11) is 0. The summed E-state index contributed by atoms with van der Waals surface area (Å²) < 4.78 is 5.13. The van der Waals surface area contributed by atoms with E-state index in [2.05, 4.69) is 10.2 Å². The molecule has 1 aromatic heterocycles. The van der Waals surface area contributed by atoms with Crippen molar-refractivity contribution in [3.63, 3.8) is 0 Å². The van der Waals surface area contributed by atoms with Crippen LogP contribution in [0.15, 0.2) is 16.9 Å². The SMILES string of the molecule is CC(C)(C)OC(=O)C(N)CN(CC(=O)O)C(=O)CC(N)c1ccc(=O)[nH]n1. The molecule has 0 spiro atoms. The molecule has 0 saturated heterocycles. The van der Waals surface area contributed by atoms with Crippen molar-refractivity contribution in [2.24, 2.45) is 11.5 Å². The average molecular weight is 383 g/mol. The molecule has 1 rings (SSSR count). The van der Waals surface area contributed by atoms with E-state index >= 15 is 0 Å². The third kappa shape index (κ3) is 7.96. The molecule has 0 aromatic carbocycles. The van der Waals surface area contributed by atoms with Gasteiger partial charge in [0.1, 0.15) is 18.2 Å². The van der Waals surface area contributed by atoms with E-state index < -0.39 is 47.6 Å². The number of esters is 1. The number of nitrogens with zero attached hydrogens (tertiary/aromatic N) is 2. The molecule has 1 amide bonds. The van der Waals surface area contributed by atoms with Crippen LogP contribution in [-0.4, -0.2) is 62.8 Å². The number of hydrogen-bond donors (Lipinski definition) is 4. The Morgan fingerprint density at radius 3 is 2.41 bits per heavy atom. The van der Waals surface area contributed by atoms with Gasteiger partial charge in [0, 0.05) is 19.0 Å². The number of ether oxygens (including phenoxy) is 1. The van der Waals surface area contributed by atoms with Crippen LogP contribution >= 0.6 is 0 Å². The second-order valence-corrected chi connectivity index (χ2v) is 6.96. The number of amides is 1. The Balaban J connectivity index is 2.81. The zero-order valence-corrected chi connectivity index (χ0v) is 15.5. The fourth-order valence-corrected chi connectivity index (χ4v) is 2.09. The van der Waals surface area contributed by atoms with Gasteiger partial charge in [0.15, 0.2) is 0 Å². The predicted molar refractivity (Wildman–Crippen MR) is 94.4 cm³/mol. The van der Waals surface area contributed by atoms with Gasteiger partial charge in [-0.25, -0.2) is 5.10 Å². The Labute approximate surface area is 155 Å². The fourth-order valence-electron chi connectivity index (χ4n) is 2.09. The summed E-state index contributed by atoms with van der Waals surface area (Å²) in [5, 5.41) is 14.9. The summed E-state index contributed by atoms with van der Waals surface area (Å²) in [4.78, 5) is 47.4. The lowest BCUT2D eigenvalue weighted by atomic mass is 10.1. The highest BCUT2D eigenvalue weighted by atomic mass is 16.6. The van der Waals surface area contributed by atoms with Crippen LogP contribution in [0.2, 0.25) is 0 Å². The number of aromatic amines is 1. The zero-order valence-electron chi connectivity index (χ0n) is 15.5. The van der Waals surface area contributed by atoms with E-state index in [1.165, 1.54) is 12.1 Å². The van der Waals surface area contributed by atoms with Crippen LogP contribution in [0, 0.1) is 0 Å². The summed E-state index contributed by atoms with van der Waals surface area (Å²) in [5.41, 5.74) is 10.7. The third-order valence-electron chi connectivity index (χ3n) is 3.28. The first kappa shape index (κ1) is 22.3. The molecule has 1 heterocycles. The van der Waals surface area contributed by atoms with Crippen LogP contribution in [-0.2, 0) is 19.1 Å². The zero-order chi connectivity index (χ0) is 20.8. The molecule has 0 aliphatic rings. The lowest BCUT2D eigenvalue weighted by Gasteiger charge is -2.27. The van der Waals surface area contributed by atoms with Crippen molar-refractivity contribution in [3.8, 4) is 0 Å². The summed E-state index contributed by atoms with van der Waals surface area (Å²) in [6.07, 6.45) is -0.284. The quantitative estimate of drug-likeness (QED) is 0.398. The lowest BCUT2D eigenvalue weighted by Crippen LogP contribution is -2.49. The number of carboxylic acids is 1. The number of carboxylic acid groups (broad SMARTS) is 1. The van der Waals surface area contributed by atoms with Crippen molar-refractivity contribution in [2.45, 2.75) is 44.9 Å². The molecule has 0 radical (unpaired) electrons. The molecule has 150 valence electrons. The van der Waals surface area contributed by atoms with Crippen molar-refractivity contribution in [1.82, 2.24) is 15.1 Å². The molecule has 0 bridgehead atoms. The van der Waals surface area contributed by atoms with Crippen LogP contribution < -0.4 is 17.0 Å². The Bertz CT molecular complexity index is 721. The van der Waals surface area contributed by atoms with E-state index in [1.54, 1.807) is 20.8 Å². The number of carbonyl (C=O) groups is 3. The van der Waals surface area contributed by atoms with Gasteiger partial charge in [-0.15, -0.1) is 0 Å². The molecule has 11 heteroatoms. The topological polar surface area (TPSA) is 182 Å². The van der Waals surface area contributed by atoms with E-state index in [0.717, 1.165) is 4.90 Å². The number of hydrogen-bond acceptors (Lipinski definition) is 8. The summed E-state index contributed by atoms with van der Waals surface area (Å²) in [6, 6.07) is 0.489. The highest BCUT2D eigenvalue weighted by Crippen LogP contribution is 2.13. The van der Waals surface area contributed by atoms with Crippen molar-refractivity contribution in [2.75, 3.05) is 13.1 Å². The van der Waals surface area contributed by atoms with Gasteiger partial charge in [0.2, 0.25) is 5.91 Å². The minimum atomic E-state index is -1.27. The summed E-state index contributed by atoms with van der Waals surface area (Å²) >= 11 is 0. The van der Waals surface area contributed by atoms with Gasteiger partial charge in [0.25, 0.3) is 5.56 Å². The van der Waals surface area contributed by atoms with Crippen LogP contribution in [0.1, 0.15) is 38.9 Å². The summed E-state index contributed by atoms with van der Waals surface area (Å²) in [6.45, 7) is 3.99. The molecule has 6 N–H and O–H groups in total. The average Bonchev–Trinajstić information content (AvgIpc) is 2.52. The van der Waals surface area contributed by atoms with Crippen molar-refractivity contribution in [1.29, 1.82) is 0 Å². The molecule has 2 atom stereocenters. The third-order valence-corrected chi connectivity index (χ3v) is 3.28.